The van der Waals surface area contributed by atoms with E-state index in [0.29, 0.717) is 30.5 Å². The van der Waals surface area contributed by atoms with E-state index in [4.69, 9.17) is 11.6 Å². The summed E-state index contributed by atoms with van der Waals surface area (Å²) in [6, 6.07) is 5.70. The summed E-state index contributed by atoms with van der Waals surface area (Å²) >= 11 is 6.43. The van der Waals surface area contributed by atoms with Gasteiger partial charge in [0.15, 0.2) is 0 Å². The predicted molar refractivity (Wildman–Crippen MR) is 111 cm³/mol. The molecule has 0 radical (unpaired) electrons. The molecule has 5 nitrogen and oxygen atoms in total. The van der Waals surface area contributed by atoms with Gasteiger partial charge in [-0.2, -0.15) is 0 Å². The van der Waals surface area contributed by atoms with Crippen molar-refractivity contribution in [1.82, 2.24) is 9.88 Å². The molecule has 148 valence electrons. The van der Waals surface area contributed by atoms with Crippen LogP contribution in [-0.4, -0.2) is 34.8 Å². The van der Waals surface area contributed by atoms with Crippen LogP contribution in [0.3, 0.4) is 0 Å². The van der Waals surface area contributed by atoms with E-state index in [1.165, 1.54) is 19.3 Å². The maximum atomic E-state index is 12.6. The number of aliphatic hydroxyl groups excluding tert-OH is 1. The van der Waals surface area contributed by atoms with Gasteiger partial charge in [0.1, 0.15) is 0 Å². The van der Waals surface area contributed by atoms with E-state index in [1.54, 1.807) is 0 Å². The average Bonchev–Trinajstić information content (AvgIpc) is 2.99. The van der Waals surface area contributed by atoms with Gasteiger partial charge >= 0.3 is 0 Å². The zero-order valence-electron chi connectivity index (χ0n) is 16.0. The SMILES string of the molecule is CCNCC(O)Cn1cc(NC(=O)CC2CCCCC2)c2c(Cl)cccc21. The summed E-state index contributed by atoms with van der Waals surface area (Å²) in [6.45, 7) is 3.80. The van der Waals surface area contributed by atoms with Crippen molar-refractivity contribution < 1.29 is 9.90 Å². The standard InChI is InChI=1S/C21H30ClN3O2/c1-2-23-12-16(26)13-25-14-18(21-17(22)9-6-10-19(21)25)24-20(27)11-15-7-4-3-5-8-15/h6,9-10,14-16,23,26H,2-5,7-8,11-13H2,1H3,(H,24,27). The van der Waals surface area contributed by atoms with Crippen molar-refractivity contribution in [3.05, 3.63) is 29.4 Å². The third kappa shape index (κ3) is 5.24. The van der Waals surface area contributed by atoms with Gasteiger partial charge in [0.05, 0.1) is 22.3 Å². The van der Waals surface area contributed by atoms with Crippen molar-refractivity contribution >= 4 is 34.1 Å². The van der Waals surface area contributed by atoms with Crippen LogP contribution in [0, 0.1) is 5.92 Å². The summed E-state index contributed by atoms with van der Waals surface area (Å²) in [5, 5.41) is 17.9. The van der Waals surface area contributed by atoms with Crippen LogP contribution in [0.15, 0.2) is 24.4 Å². The lowest BCUT2D eigenvalue weighted by Gasteiger charge is -2.20. The number of hydrogen-bond donors (Lipinski definition) is 3. The minimum Gasteiger partial charge on any atom is -0.390 e. The van der Waals surface area contributed by atoms with Gasteiger partial charge in [0.2, 0.25) is 5.91 Å². The fourth-order valence-electron chi connectivity index (χ4n) is 4.01. The predicted octanol–water partition coefficient (Wildman–Crippen LogP) is 4.17. The van der Waals surface area contributed by atoms with Crippen LogP contribution in [0.2, 0.25) is 5.02 Å². The van der Waals surface area contributed by atoms with E-state index in [1.807, 2.05) is 35.9 Å². The van der Waals surface area contributed by atoms with Gasteiger partial charge in [-0.3, -0.25) is 4.79 Å². The summed E-state index contributed by atoms with van der Waals surface area (Å²) in [4.78, 5) is 12.6. The minimum atomic E-state index is -0.509. The van der Waals surface area contributed by atoms with E-state index < -0.39 is 6.10 Å². The van der Waals surface area contributed by atoms with Crippen LogP contribution < -0.4 is 10.6 Å². The molecule has 1 atom stereocenters. The molecule has 2 aromatic rings. The highest BCUT2D eigenvalue weighted by molar-refractivity contribution is 6.36. The van der Waals surface area contributed by atoms with Crippen molar-refractivity contribution in [3.63, 3.8) is 0 Å². The van der Waals surface area contributed by atoms with Crippen LogP contribution in [0.1, 0.15) is 45.4 Å². The Bertz CT molecular complexity index is 768. The van der Waals surface area contributed by atoms with E-state index in [0.717, 1.165) is 36.0 Å². The van der Waals surface area contributed by atoms with Gasteiger partial charge in [-0.15, -0.1) is 0 Å². The molecule has 1 aliphatic rings. The second-order valence-electron chi connectivity index (χ2n) is 7.55. The van der Waals surface area contributed by atoms with Gasteiger partial charge in [-0.1, -0.05) is 43.9 Å². The second kappa shape index (κ2) is 9.58. The van der Waals surface area contributed by atoms with Crippen LogP contribution in [0.4, 0.5) is 5.69 Å². The van der Waals surface area contributed by atoms with Crippen LogP contribution in [0.25, 0.3) is 10.9 Å². The second-order valence-corrected chi connectivity index (χ2v) is 7.95. The number of aromatic nitrogens is 1. The highest BCUT2D eigenvalue weighted by Crippen LogP contribution is 2.33. The molecular weight excluding hydrogens is 362 g/mol. The molecule has 1 amide bonds. The smallest absolute Gasteiger partial charge is 0.224 e. The summed E-state index contributed by atoms with van der Waals surface area (Å²) in [5.41, 5.74) is 1.65. The first-order chi connectivity index (χ1) is 13.1. The Labute approximate surface area is 166 Å². The Hall–Kier alpha value is -1.56. The third-order valence-corrected chi connectivity index (χ3v) is 5.68. The molecule has 1 fully saturated rings. The third-order valence-electron chi connectivity index (χ3n) is 5.37. The van der Waals surface area contributed by atoms with Gasteiger partial charge in [0.25, 0.3) is 0 Å². The monoisotopic (exact) mass is 391 g/mol. The maximum Gasteiger partial charge on any atom is 0.224 e. The number of carbonyl (C=O) groups excluding carboxylic acids is 1. The highest BCUT2D eigenvalue weighted by atomic mass is 35.5. The first-order valence-corrected chi connectivity index (χ1v) is 10.4. The van der Waals surface area contributed by atoms with E-state index in [-0.39, 0.29) is 5.91 Å². The number of halogens is 1. The summed E-state index contributed by atoms with van der Waals surface area (Å²) < 4.78 is 1.97. The number of nitrogens with zero attached hydrogens (tertiary/aromatic N) is 1. The number of fused-ring (bicyclic) bond motifs is 1. The van der Waals surface area contributed by atoms with Crippen molar-refractivity contribution in [2.75, 3.05) is 18.4 Å². The first kappa shape index (κ1) is 20.2. The average molecular weight is 392 g/mol. The molecule has 3 rings (SSSR count). The number of anilines is 1. The fraction of sp³-hybridized carbons (Fsp3) is 0.571. The first-order valence-electron chi connectivity index (χ1n) is 10.0. The highest BCUT2D eigenvalue weighted by Gasteiger charge is 2.19. The molecule has 0 saturated heterocycles. The quantitative estimate of drug-likeness (QED) is 0.632. The largest absolute Gasteiger partial charge is 0.390 e. The van der Waals surface area contributed by atoms with E-state index >= 15 is 0 Å². The molecule has 6 heteroatoms. The van der Waals surface area contributed by atoms with Gasteiger partial charge in [0, 0.05) is 31.1 Å². The summed E-state index contributed by atoms with van der Waals surface area (Å²) in [6.07, 6.45) is 7.99. The van der Waals surface area contributed by atoms with E-state index in [2.05, 4.69) is 10.6 Å². The fourth-order valence-corrected chi connectivity index (χ4v) is 4.28. The molecule has 0 spiro atoms. The zero-order valence-corrected chi connectivity index (χ0v) is 16.8. The van der Waals surface area contributed by atoms with Gasteiger partial charge < -0.3 is 20.3 Å². The number of hydrogen-bond acceptors (Lipinski definition) is 3. The van der Waals surface area contributed by atoms with E-state index in [9.17, 15) is 9.90 Å². The van der Waals surface area contributed by atoms with Crippen LogP contribution in [0.5, 0.6) is 0 Å². The Morgan fingerprint density at radius 2 is 2.11 bits per heavy atom. The minimum absolute atomic E-state index is 0.0501. The molecule has 1 aromatic carbocycles. The van der Waals surface area contributed by atoms with Crippen molar-refractivity contribution in [3.8, 4) is 0 Å². The number of likely N-dealkylation sites (N-methyl/N-ethyl adjacent to an activating group) is 1. The molecule has 1 saturated carbocycles. The number of rotatable bonds is 8. The number of amides is 1. The number of nitrogens with one attached hydrogen (secondary N) is 2. The van der Waals surface area contributed by atoms with Crippen molar-refractivity contribution in [2.24, 2.45) is 5.92 Å². The number of carbonyl (C=O) groups is 1. The molecule has 1 unspecified atom stereocenters. The molecule has 0 aliphatic heterocycles. The van der Waals surface area contributed by atoms with Crippen LogP contribution >= 0.6 is 11.6 Å². The zero-order chi connectivity index (χ0) is 19.2. The lowest BCUT2D eigenvalue weighted by atomic mass is 9.87. The Morgan fingerprint density at radius 3 is 2.85 bits per heavy atom. The Morgan fingerprint density at radius 1 is 1.33 bits per heavy atom. The topological polar surface area (TPSA) is 66.3 Å². The maximum absolute atomic E-state index is 12.6. The molecule has 1 aliphatic carbocycles. The molecule has 3 N–H and O–H groups in total. The lowest BCUT2D eigenvalue weighted by Crippen LogP contribution is -2.29. The lowest BCUT2D eigenvalue weighted by molar-refractivity contribution is -0.117. The van der Waals surface area contributed by atoms with Gasteiger partial charge in [-0.25, -0.2) is 0 Å². The Balaban J connectivity index is 1.76. The van der Waals surface area contributed by atoms with Crippen molar-refractivity contribution in [1.29, 1.82) is 0 Å². The van der Waals surface area contributed by atoms with Crippen molar-refractivity contribution in [2.45, 2.75) is 58.1 Å². The molecule has 27 heavy (non-hydrogen) atoms. The normalized spacial score (nSPS) is 16.6. The summed E-state index contributed by atoms with van der Waals surface area (Å²) in [5.74, 6) is 0.540. The molecule has 0 bridgehead atoms. The Kier molecular flexibility index (Phi) is 7.16. The van der Waals surface area contributed by atoms with Crippen LogP contribution in [-0.2, 0) is 11.3 Å². The van der Waals surface area contributed by atoms with Gasteiger partial charge in [-0.05, 0) is 37.4 Å². The number of aliphatic hydroxyl groups is 1. The molecule has 1 aromatic heterocycles. The molecular formula is C21H30ClN3O2. The molecule has 1 heterocycles. The summed E-state index contributed by atoms with van der Waals surface area (Å²) in [7, 11) is 0. The number of benzene rings is 1.